The molecular weight excluding hydrogens is 212 g/mol. The van der Waals surface area contributed by atoms with Crippen LogP contribution in [0.1, 0.15) is 66.2 Å². The van der Waals surface area contributed by atoms with Crippen molar-refractivity contribution >= 4 is 5.97 Å². The van der Waals surface area contributed by atoms with Gasteiger partial charge in [0.25, 0.3) is 0 Å². The summed E-state index contributed by atoms with van der Waals surface area (Å²) in [5, 5.41) is 8.88. The molecule has 0 aliphatic carbocycles. The van der Waals surface area contributed by atoms with E-state index in [2.05, 4.69) is 13.0 Å². The predicted octanol–water partition coefficient (Wildman–Crippen LogP) is 4.71. The first kappa shape index (κ1) is 16.0. The second-order valence-corrected chi connectivity index (χ2v) is 4.65. The third kappa shape index (κ3) is 6.98. The molecule has 0 amide bonds. The number of aliphatic carboxylic acids is 1. The first-order chi connectivity index (χ1) is 8.00. The van der Waals surface area contributed by atoms with Crippen LogP contribution in [-0.2, 0) is 4.79 Å². The molecule has 0 unspecified atom stereocenters. The van der Waals surface area contributed by atoms with Gasteiger partial charge in [0.1, 0.15) is 0 Å². The van der Waals surface area contributed by atoms with Gasteiger partial charge < -0.3 is 5.11 Å². The van der Waals surface area contributed by atoms with Crippen LogP contribution in [0, 0.1) is 0 Å². The molecule has 0 rings (SSSR count). The Kier molecular flexibility index (Phi) is 8.47. The Labute approximate surface area is 105 Å². The van der Waals surface area contributed by atoms with Crippen molar-refractivity contribution in [3.63, 3.8) is 0 Å². The minimum Gasteiger partial charge on any atom is -0.478 e. The van der Waals surface area contributed by atoms with E-state index in [1.54, 1.807) is 6.92 Å². The van der Waals surface area contributed by atoms with Crippen LogP contribution in [0.2, 0.25) is 0 Å². The molecule has 0 aromatic rings. The van der Waals surface area contributed by atoms with Gasteiger partial charge in [-0.1, -0.05) is 44.3 Å². The van der Waals surface area contributed by atoms with Gasteiger partial charge in [0, 0.05) is 5.57 Å². The first-order valence-corrected chi connectivity index (χ1v) is 6.58. The van der Waals surface area contributed by atoms with Crippen molar-refractivity contribution in [2.24, 2.45) is 0 Å². The number of hydrogen-bond acceptors (Lipinski definition) is 1. The topological polar surface area (TPSA) is 37.3 Å². The van der Waals surface area contributed by atoms with Gasteiger partial charge in [0.05, 0.1) is 0 Å². The van der Waals surface area contributed by atoms with Crippen LogP contribution in [0.3, 0.4) is 0 Å². The van der Waals surface area contributed by atoms with Crippen LogP contribution in [-0.4, -0.2) is 11.1 Å². The summed E-state index contributed by atoms with van der Waals surface area (Å²) in [6, 6.07) is 0. The molecule has 2 heteroatoms. The number of allylic oxidation sites excluding steroid dienone is 3. The van der Waals surface area contributed by atoms with Crippen molar-refractivity contribution in [2.45, 2.75) is 66.2 Å². The van der Waals surface area contributed by atoms with Gasteiger partial charge in [0.2, 0.25) is 0 Å². The summed E-state index contributed by atoms with van der Waals surface area (Å²) in [7, 11) is 0. The standard InChI is InChI=1S/C15H26O2/c1-5-6-7-8-9-10-11-12(2)13(3)14(4)15(16)17/h11H,5-10H2,1-4H3,(H,16,17). The van der Waals surface area contributed by atoms with Gasteiger partial charge in [-0.3, -0.25) is 0 Å². The minimum absolute atomic E-state index is 0.449. The highest BCUT2D eigenvalue weighted by molar-refractivity contribution is 5.87. The molecule has 0 aliphatic heterocycles. The fourth-order valence-corrected chi connectivity index (χ4v) is 1.68. The molecule has 0 aromatic carbocycles. The van der Waals surface area contributed by atoms with E-state index in [1.165, 1.54) is 32.1 Å². The minimum atomic E-state index is -0.821. The Morgan fingerprint density at radius 3 is 2.12 bits per heavy atom. The molecule has 1 N–H and O–H groups in total. The SMILES string of the molecule is CCCCCCCC=C(C)C(C)=C(C)C(=O)O. The van der Waals surface area contributed by atoms with Crippen molar-refractivity contribution in [1.82, 2.24) is 0 Å². The second-order valence-electron chi connectivity index (χ2n) is 4.65. The van der Waals surface area contributed by atoms with E-state index in [-0.39, 0.29) is 0 Å². The highest BCUT2D eigenvalue weighted by Gasteiger charge is 2.05. The summed E-state index contributed by atoms with van der Waals surface area (Å²) in [5.74, 6) is -0.821. The highest BCUT2D eigenvalue weighted by Crippen LogP contribution is 2.16. The molecule has 0 spiro atoms. The van der Waals surface area contributed by atoms with Crippen molar-refractivity contribution < 1.29 is 9.90 Å². The smallest absolute Gasteiger partial charge is 0.331 e. The lowest BCUT2D eigenvalue weighted by atomic mass is 10.0. The Morgan fingerprint density at radius 2 is 1.59 bits per heavy atom. The number of carbonyl (C=O) groups is 1. The lowest BCUT2D eigenvalue weighted by molar-refractivity contribution is -0.132. The van der Waals surface area contributed by atoms with E-state index in [0.29, 0.717) is 5.57 Å². The van der Waals surface area contributed by atoms with Crippen LogP contribution < -0.4 is 0 Å². The van der Waals surface area contributed by atoms with Crippen molar-refractivity contribution in [1.29, 1.82) is 0 Å². The molecule has 0 fully saturated rings. The summed E-state index contributed by atoms with van der Waals surface area (Å²) in [4.78, 5) is 10.8. The largest absolute Gasteiger partial charge is 0.478 e. The fraction of sp³-hybridized carbons (Fsp3) is 0.667. The van der Waals surface area contributed by atoms with Crippen molar-refractivity contribution in [2.75, 3.05) is 0 Å². The van der Waals surface area contributed by atoms with Crippen LogP contribution in [0.25, 0.3) is 0 Å². The molecular formula is C15H26O2. The molecule has 0 bridgehead atoms. The van der Waals surface area contributed by atoms with E-state index in [4.69, 9.17) is 5.11 Å². The van der Waals surface area contributed by atoms with Gasteiger partial charge in [-0.05, 0) is 39.2 Å². The number of rotatable bonds is 8. The van der Waals surface area contributed by atoms with E-state index < -0.39 is 5.97 Å². The number of carboxylic acid groups (broad SMARTS) is 1. The van der Waals surface area contributed by atoms with Crippen LogP contribution in [0.15, 0.2) is 22.8 Å². The Morgan fingerprint density at radius 1 is 1.00 bits per heavy atom. The number of carboxylic acids is 1. The Balaban J connectivity index is 4.09. The van der Waals surface area contributed by atoms with Crippen LogP contribution in [0.5, 0.6) is 0 Å². The average Bonchev–Trinajstić information content (AvgIpc) is 2.31. The first-order valence-electron chi connectivity index (χ1n) is 6.58. The molecule has 0 aromatic heterocycles. The molecule has 17 heavy (non-hydrogen) atoms. The molecule has 0 atom stereocenters. The van der Waals surface area contributed by atoms with E-state index in [0.717, 1.165) is 17.6 Å². The zero-order valence-electron chi connectivity index (χ0n) is 11.7. The normalized spacial score (nSPS) is 13.5. The van der Waals surface area contributed by atoms with E-state index >= 15 is 0 Å². The molecule has 0 heterocycles. The maximum atomic E-state index is 10.8. The van der Waals surface area contributed by atoms with Crippen molar-refractivity contribution in [3.05, 3.63) is 22.8 Å². The average molecular weight is 238 g/mol. The third-order valence-corrected chi connectivity index (χ3v) is 3.23. The van der Waals surface area contributed by atoms with Gasteiger partial charge in [-0.25, -0.2) is 4.79 Å². The van der Waals surface area contributed by atoms with Gasteiger partial charge in [-0.2, -0.15) is 0 Å². The van der Waals surface area contributed by atoms with Crippen molar-refractivity contribution in [3.8, 4) is 0 Å². The van der Waals surface area contributed by atoms with E-state index in [1.807, 2.05) is 13.8 Å². The van der Waals surface area contributed by atoms with E-state index in [9.17, 15) is 4.79 Å². The highest BCUT2D eigenvalue weighted by atomic mass is 16.4. The lowest BCUT2D eigenvalue weighted by Gasteiger charge is -2.05. The maximum absolute atomic E-state index is 10.8. The Bertz CT molecular complexity index is 298. The van der Waals surface area contributed by atoms with Gasteiger partial charge in [0.15, 0.2) is 0 Å². The van der Waals surface area contributed by atoms with Gasteiger partial charge >= 0.3 is 5.97 Å². The summed E-state index contributed by atoms with van der Waals surface area (Å²) >= 11 is 0. The molecule has 0 saturated heterocycles. The monoisotopic (exact) mass is 238 g/mol. The molecule has 98 valence electrons. The molecule has 2 nitrogen and oxygen atoms in total. The third-order valence-electron chi connectivity index (χ3n) is 3.23. The zero-order chi connectivity index (χ0) is 13.3. The van der Waals surface area contributed by atoms with Gasteiger partial charge in [-0.15, -0.1) is 0 Å². The van der Waals surface area contributed by atoms with Crippen LogP contribution >= 0.6 is 0 Å². The Hall–Kier alpha value is -1.05. The predicted molar refractivity (Wildman–Crippen MR) is 73.1 cm³/mol. The summed E-state index contributed by atoms with van der Waals surface area (Å²) in [6.45, 7) is 7.75. The summed E-state index contributed by atoms with van der Waals surface area (Å²) in [6.07, 6.45) is 9.60. The second kappa shape index (κ2) is 9.03. The summed E-state index contributed by atoms with van der Waals surface area (Å²) in [5.41, 5.74) is 2.44. The zero-order valence-corrected chi connectivity index (χ0v) is 11.7. The quantitative estimate of drug-likeness (QED) is 0.377. The number of hydrogen-bond donors (Lipinski definition) is 1. The lowest BCUT2D eigenvalue weighted by Crippen LogP contribution is -2.00. The molecule has 0 aliphatic rings. The summed E-state index contributed by atoms with van der Waals surface area (Å²) < 4.78 is 0. The van der Waals surface area contributed by atoms with Crippen LogP contribution in [0.4, 0.5) is 0 Å². The molecule has 0 radical (unpaired) electrons. The molecule has 0 saturated carbocycles. The maximum Gasteiger partial charge on any atom is 0.331 e. The fourth-order valence-electron chi connectivity index (χ4n) is 1.68. The number of unbranched alkanes of at least 4 members (excludes halogenated alkanes) is 5.